The Hall–Kier alpha value is -3.92. The lowest BCUT2D eigenvalue weighted by Crippen LogP contribution is -2.53. The van der Waals surface area contributed by atoms with E-state index in [1.165, 1.54) is 6.92 Å². The number of ether oxygens (including phenoxy) is 4. The molecule has 0 saturated heterocycles. The number of anilines is 1. The van der Waals surface area contributed by atoms with Gasteiger partial charge in [0.15, 0.2) is 5.78 Å². The maximum atomic E-state index is 12.9. The number of amides is 5. The summed E-state index contributed by atoms with van der Waals surface area (Å²) in [5.41, 5.74) is 1.01. The molecule has 0 heterocycles. The zero-order valence-corrected chi connectivity index (χ0v) is 30.4. The Bertz CT molecular complexity index is 1190. The molecule has 50 heavy (non-hydrogen) atoms. The summed E-state index contributed by atoms with van der Waals surface area (Å²) < 4.78 is 21.8. The van der Waals surface area contributed by atoms with Crippen molar-refractivity contribution in [3.63, 3.8) is 0 Å². The SMILES string of the molecule is CCC(C)C(=O)NCCC(=O)NCCOCCOCCOCCOCCC(=O)NC(C(=O)NC(C)C(=O)Nc1ccc(C(C)=O)cc1)C(C)C. The fourth-order valence-electron chi connectivity index (χ4n) is 4.12. The molecule has 282 valence electrons. The largest absolute Gasteiger partial charge is 0.379 e. The number of Topliss-reactive ketones (excluding diaryl/α,β-unsaturated/α-hetero) is 1. The first-order chi connectivity index (χ1) is 23.8. The van der Waals surface area contributed by atoms with Crippen molar-refractivity contribution in [2.45, 2.75) is 72.9 Å². The summed E-state index contributed by atoms with van der Waals surface area (Å²) in [4.78, 5) is 72.8. The average Bonchev–Trinajstić information content (AvgIpc) is 3.08. The lowest BCUT2D eigenvalue weighted by Gasteiger charge is -2.24. The van der Waals surface area contributed by atoms with Gasteiger partial charge in [0, 0.05) is 43.1 Å². The minimum atomic E-state index is -0.867. The molecular formula is C35H57N5O10. The Kier molecular flexibility index (Phi) is 22.9. The molecule has 3 atom stereocenters. The standard InChI is InChI=1S/C35H57N5O10/c1-7-25(4)33(44)37-14-12-30(42)36-15-17-48-19-21-50-23-22-49-20-18-47-16-13-31(43)40-32(24(2)3)35(46)38-26(5)34(45)39-29-10-8-28(9-11-29)27(6)41/h8-11,24-26,32H,7,12-23H2,1-6H3,(H,36,42)(H,37,44)(H,38,46)(H,39,45)(H,40,43). The van der Waals surface area contributed by atoms with Crippen LogP contribution in [0, 0.1) is 11.8 Å². The number of rotatable bonds is 27. The third kappa shape index (κ3) is 19.9. The molecule has 1 aromatic carbocycles. The highest BCUT2D eigenvalue weighted by Crippen LogP contribution is 2.11. The topological polar surface area (TPSA) is 199 Å². The van der Waals surface area contributed by atoms with Crippen LogP contribution in [-0.2, 0) is 42.9 Å². The molecule has 15 heteroatoms. The summed E-state index contributed by atoms with van der Waals surface area (Å²) in [6.45, 7) is 13.6. The van der Waals surface area contributed by atoms with Crippen LogP contribution in [0.3, 0.4) is 0 Å². The maximum Gasteiger partial charge on any atom is 0.246 e. The second-order valence-electron chi connectivity index (χ2n) is 12.0. The number of nitrogens with one attached hydrogen (secondary N) is 5. The molecular weight excluding hydrogens is 650 g/mol. The van der Waals surface area contributed by atoms with Crippen LogP contribution in [0.25, 0.3) is 0 Å². The summed E-state index contributed by atoms with van der Waals surface area (Å²) in [5.74, 6) is -1.84. The number of carbonyl (C=O) groups excluding carboxylic acids is 6. The van der Waals surface area contributed by atoms with Crippen LogP contribution in [0.5, 0.6) is 0 Å². The Morgan fingerprint density at radius 3 is 1.72 bits per heavy atom. The van der Waals surface area contributed by atoms with Gasteiger partial charge in [-0.1, -0.05) is 27.7 Å². The van der Waals surface area contributed by atoms with Crippen LogP contribution >= 0.6 is 0 Å². The van der Waals surface area contributed by atoms with E-state index in [2.05, 4.69) is 26.6 Å². The van der Waals surface area contributed by atoms with Crippen LogP contribution in [0.15, 0.2) is 24.3 Å². The molecule has 5 amide bonds. The smallest absolute Gasteiger partial charge is 0.246 e. The van der Waals surface area contributed by atoms with Gasteiger partial charge in [0.05, 0.1) is 52.9 Å². The molecule has 0 aliphatic rings. The van der Waals surface area contributed by atoms with E-state index in [-0.39, 0.29) is 61.4 Å². The molecule has 0 fully saturated rings. The highest BCUT2D eigenvalue weighted by atomic mass is 16.6. The van der Waals surface area contributed by atoms with E-state index in [9.17, 15) is 28.8 Å². The normalized spacial score (nSPS) is 12.8. The number of hydrogen-bond acceptors (Lipinski definition) is 10. The van der Waals surface area contributed by atoms with Gasteiger partial charge in [-0.05, 0) is 50.5 Å². The number of carbonyl (C=O) groups is 6. The molecule has 15 nitrogen and oxygen atoms in total. The van der Waals surface area contributed by atoms with Crippen molar-refractivity contribution in [1.82, 2.24) is 21.3 Å². The van der Waals surface area contributed by atoms with Crippen molar-refractivity contribution in [2.75, 3.05) is 71.3 Å². The second-order valence-corrected chi connectivity index (χ2v) is 12.0. The first-order valence-corrected chi connectivity index (χ1v) is 17.2. The van der Waals surface area contributed by atoms with Crippen molar-refractivity contribution in [2.24, 2.45) is 11.8 Å². The Morgan fingerprint density at radius 1 is 0.620 bits per heavy atom. The van der Waals surface area contributed by atoms with Gasteiger partial charge in [-0.2, -0.15) is 0 Å². The Morgan fingerprint density at radius 2 is 1.18 bits per heavy atom. The number of hydrogen-bond donors (Lipinski definition) is 5. The number of benzene rings is 1. The Balaban J connectivity index is 2.08. The van der Waals surface area contributed by atoms with Gasteiger partial charge < -0.3 is 45.5 Å². The van der Waals surface area contributed by atoms with Gasteiger partial charge in [-0.25, -0.2) is 0 Å². The molecule has 0 spiro atoms. The van der Waals surface area contributed by atoms with Crippen LogP contribution < -0.4 is 26.6 Å². The summed E-state index contributed by atoms with van der Waals surface area (Å²) in [5, 5.41) is 13.5. The lowest BCUT2D eigenvalue weighted by molar-refractivity contribution is -0.132. The van der Waals surface area contributed by atoms with Crippen LogP contribution in [0.2, 0.25) is 0 Å². The second kappa shape index (κ2) is 26.0. The molecule has 1 aromatic rings. The first-order valence-electron chi connectivity index (χ1n) is 17.2. The van der Waals surface area contributed by atoms with Crippen molar-refractivity contribution >= 4 is 41.0 Å². The van der Waals surface area contributed by atoms with Crippen molar-refractivity contribution in [3.8, 4) is 0 Å². The fraction of sp³-hybridized carbons (Fsp3) is 0.657. The summed E-state index contributed by atoms with van der Waals surface area (Å²) in [6.07, 6.45) is 1.02. The average molecular weight is 708 g/mol. The van der Waals surface area contributed by atoms with Gasteiger partial charge in [0.2, 0.25) is 29.5 Å². The number of ketones is 1. The quantitative estimate of drug-likeness (QED) is 0.0661. The van der Waals surface area contributed by atoms with Crippen LogP contribution in [0.4, 0.5) is 5.69 Å². The lowest BCUT2D eigenvalue weighted by atomic mass is 10.0. The van der Waals surface area contributed by atoms with Gasteiger partial charge >= 0.3 is 0 Å². The first kappa shape index (κ1) is 44.1. The van der Waals surface area contributed by atoms with Gasteiger partial charge in [-0.15, -0.1) is 0 Å². The Labute approximate surface area is 295 Å². The minimum Gasteiger partial charge on any atom is -0.379 e. The van der Waals surface area contributed by atoms with Gasteiger partial charge in [-0.3, -0.25) is 28.8 Å². The summed E-state index contributed by atoms with van der Waals surface area (Å²) in [6, 6.07) is 4.73. The van der Waals surface area contributed by atoms with Crippen molar-refractivity contribution in [1.29, 1.82) is 0 Å². The van der Waals surface area contributed by atoms with E-state index in [0.29, 0.717) is 64.0 Å². The third-order valence-electron chi connectivity index (χ3n) is 7.45. The highest BCUT2D eigenvalue weighted by molar-refractivity contribution is 5.99. The molecule has 0 saturated carbocycles. The fourth-order valence-corrected chi connectivity index (χ4v) is 4.12. The van der Waals surface area contributed by atoms with E-state index in [4.69, 9.17) is 18.9 Å². The summed E-state index contributed by atoms with van der Waals surface area (Å²) in [7, 11) is 0. The zero-order chi connectivity index (χ0) is 37.3. The molecule has 0 radical (unpaired) electrons. The summed E-state index contributed by atoms with van der Waals surface area (Å²) >= 11 is 0. The molecule has 5 N–H and O–H groups in total. The van der Waals surface area contributed by atoms with Crippen molar-refractivity contribution < 1.29 is 47.7 Å². The van der Waals surface area contributed by atoms with E-state index in [1.54, 1.807) is 45.0 Å². The predicted octanol–water partition coefficient (Wildman–Crippen LogP) is 1.60. The predicted molar refractivity (Wildman–Crippen MR) is 187 cm³/mol. The van der Waals surface area contributed by atoms with E-state index in [1.807, 2.05) is 13.8 Å². The zero-order valence-electron chi connectivity index (χ0n) is 30.4. The van der Waals surface area contributed by atoms with Crippen LogP contribution in [-0.4, -0.2) is 113 Å². The minimum absolute atomic E-state index is 0.0462. The van der Waals surface area contributed by atoms with E-state index in [0.717, 1.165) is 6.42 Å². The third-order valence-corrected chi connectivity index (χ3v) is 7.45. The van der Waals surface area contributed by atoms with Crippen molar-refractivity contribution in [3.05, 3.63) is 29.8 Å². The highest BCUT2D eigenvalue weighted by Gasteiger charge is 2.27. The van der Waals surface area contributed by atoms with Crippen LogP contribution in [0.1, 0.15) is 71.2 Å². The molecule has 1 rings (SSSR count). The van der Waals surface area contributed by atoms with Gasteiger partial charge in [0.1, 0.15) is 12.1 Å². The van der Waals surface area contributed by atoms with E-state index >= 15 is 0 Å². The molecule has 0 bridgehead atoms. The van der Waals surface area contributed by atoms with E-state index < -0.39 is 23.9 Å². The molecule has 0 aliphatic carbocycles. The van der Waals surface area contributed by atoms with Gasteiger partial charge in [0.25, 0.3) is 0 Å². The maximum absolute atomic E-state index is 12.9. The monoisotopic (exact) mass is 707 g/mol. The molecule has 3 unspecified atom stereocenters. The molecule has 0 aliphatic heterocycles. The molecule has 0 aromatic heterocycles.